The Hall–Kier alpha value is -1.30. The third-order valence-electron chi connectivity index (χ3n) is 4.83. The van der Waals surface area contributed by atoms with E-state index in [9.17, 15) is 14.7 Å². The van der Waals surface area contributed by atoms with Crippen LogP contribution in [0, 0.1) is 5.92 Å². The zero-order chi connectivity index (χ0) is 14.3. The molecule has 3 aliphatic rings. The number of nitrogens with one attached hydrogen (secondary N) is 1. The molecule has 2 N–H and O–H groups in total. The molecule has 2 bridgehead atoms. The Bertz CT molecular complexity index is 414. The van der Waals surface area contributed by atoms with Crippen LogP contribution in [0.2, 0.25) is 0 Å². The molecule has 6 heteroatoms. The van der Waals surface area contributed by atoms with Crippen LogP contribution in [0.1, 0.15) is 39.0 Å². The summed E-state index contributed by atoms with van der Waals surface area (Å²) in [5, 5.41) is 12.3. The lowest BCUT2D eigenvalue weighted by Gasteiger charge is -2.37. The number of likely N-dealkylation sites (tertiary alicyclic amines) is 1. The van der Waals surface area contributed by atoms with Crippen LogP contribution in [-0.2, 0) is 9.53 Å². The normalized spacial score (nSPS) is 39.9. The predicted octanol–water partition coefficient (Wildman–Crippen LogP) is 1.20. The fourth-order valence-corrected chi connectivity index (χ4v) is 3.65. The average Bonchev–Trinajstić information content (AvgIpc) is 3.00. The maximum Gasteiger partial charge on any atom is 0.326 e. The molecule has 0 saturated carbocycles. The lowest BCUT2D eigenvalue weighted by molar-refractivity contribution is -0.143. The highest BCUT2D eigenvalue weighted by Gasteiger charge is 2.43. The van der Waals surface area contributed by atoms with Crippen molar-refractivity contribution in [1.29, 1.82) is 0 Å². The average molecular weight is 282 g/mol. The van der Waals surface area contributed by atoms with Crippen molar-refractivity contribution in [3.05, 3.63) is 0 Å². The van der Waals surface area contributed by atoms with Crippen molar-refractivity contribution in [2.24, 2.45) is 5.92 Å². The van der Waals surface area contributed by atoms with Crippen LogP contribution in [0.15, 0.2) is 0 Å². The first-order valence-electron chi connectivity index (χ1n) is 7.50. The molecule has 5 unspecified atom stereocenters. The minimum absolute atomic E-state index is 0.0510. The molecule has 3 rings (SSSR count). The maximum atomic E-state index is 12.3. The lowest BCUT2D eigenvalue weighted by atomic mass is 9.92. The molecular weight excluding hydrogens is 260 g/mol. The van der Waals surface area contributed by atoms with Gasteiger partial charge in [-0.1, -0.05) is 6.92 Å². The van der Waals surface area contributed by atoms with Gasteiger partial charge in [0.2, 0.25) is 0 Å². The van der Waals surface area contributed by atoms with Crippen LogP contribution in [0.5, 0.6) is 0 Å². The molecule has 0 radical (unpaired) electrons. The van der Waals surface area contributed by atoms with Crippen molar-refractivity contribution >= 4 is 12.0 Å². The number of piperidine rings is 1. The first-order chi connectivity index (χ1) is 9.54. The molecule has 3 saturated heterocycles. The summed E-state index contributed by atoms with van der Waals surface area (Å²) >= 11 is 0. The molecule has 3 heterocycles. The van der Waals surface area contributed by atoms with Gasteiger partial charge in [0.25, 0.3) is 0 Å². The van der Waals surface area contributed by atoms with Crippen LogP contribution in [0.4, 0.5) is 4.79 Å². The second-order valence-electron chi connectivity index (χ2n) is 6.34. The van der Waals surface area contributed by atoms with Gasteiger partial charge in [0.15, 0.2) is 0 Å². The third kappa shape index (κ3) is 2.49. The Morgan fingerprint density at radius 3 is 2.65 bits per heavy atom. The fourth-order valence-electron chi connectivity index (χ4n) is 3.65. The summed E-state index contributed by atoms with van der Waals surface area (Å²) in [7, 11) is 0. The number of ether oxygens (including phenoxy) is 1. The van der Waals surface area contributed by atoms with E-state index in [1.807, 2.05) is 6.92 Å². The Kier molecular flexibility index (Phi) is 3.58. The van der Waals surface area contributed by atoms with Gasteiger partial charge >= 0.3 is 12.0 Å². The van der Waals surface area contributed by atoms with Gasteiger partial charge in [-0.2, -0.15) is 0 Å². The number of rotatable bonds is 2. The summed E-state index contributed by atoms with van der Waals surface area (Å²) in [6.45, 7) is 2.56. The molecule has 20 heavy (non-hydrogen) atoms. The fraction of sp³-hybridized carbons (Fsp3) is 0.857. The molecule has 6 nitrogen and oxygen atoms in total. The van der Waals surface area contributed by atoms with Crippen LogP contribution < -0.4 is 5.32 Å². The van der Waals surface area contributed by atoms with Gasteiger partial charge < -0.3 is 20.1 Å². The topological polar surface area (TPSA) is 78.9 Å². The molecule has 0 spiro atoms. The number of nitrogens with zero attached hydrogens (tertiary/aromatic N) is 1. The van der Waals surface area contributed by atoms with Crippen molar-refractivity contribution in [3.63, 3.8) is 0 Å². The number of carboxylic acid groups (broad SMARTS) is 1. The van der Waals surface area contributed by atoms with Gasteiger partial charge in [0.05, 0.1) is 18.2 Å². The monoisotopic (exact) mass is 282 g/mol. The smallest absolute Gasteiger partial charge is 0.326 e. The molecule has 112 valence electrons. The summed E-state index contributed by atoms with van der Waals surface area (Å²) in [5.74, 6) is -0.554. The largest absolute Gasteiger partial charge is 0.480 e. The van der Waals surface area contributed by atoms with E-state index >= 15 is 0 Å². The lowest BCUT2D eigenvalue weighted by Crippen LogP contribution is -2.56. The number of carbonyl (C=O) groups is 2. The van der Waals surface area contributed by atoms with Crippen molar-refractivity contribution in [3.8, 4) is 0 Å². The summed E-state index contributed by atoms with van der Waals surface area (Å²) in [5.41, 5.74) is 0. The summed E-state index contributed by atoms with van der Waals surface area (Å²) < 4.78 is 5.71. The van der Waals surface area contributed by atoms with Gasteiger partial charge in [-0.05, 0) is 38.0 Å². The van der Waals surface area contributed by atoms with Crippen molar-refractivity contribution < 1.29 is 19.4 Å². The van der Waals surface area contributed by atoms with Crippen LogP contribution >= 0.6 is 0 Å². The van der Waals surface area contributed by atoms with E-state index in [0.717, 1.165) is 25.7 Å². The molecule has 0 aromatic carbocycles. The van der Waals surface area contributed by atoms with E-state index in [2.05, 4.69) is 5.32 Å². The SMILES string of the molecule is CC1CCN(C(=O)NC2CC3CCC2O3)C(C(=O)O)C1. The highest BCUT2D eigenvalue weighted by molar-refractivity contribution is 5.83. The van der Waals surface area contributed by atoms with Gasteiger partial charge in [-0.15, -0.1) is 0 Å². The van der Waals surface area contributed by atoms with Crippen molar-refractivity contribution in [2.75, 3.05) is 6.54 Å². The minimum atomic E-state index is -0.907. The quantitative estimate of drug-likeness (QED) is 0.797. The highest BCUT2D eigenvalue weighted by Crippen LogP contribution is 2.34. The number of fused-ring (bicyclic) bond motifs is 2. The molecule has 0 aliphatic carbocycles. The van der Waals surface area contributed by atoms with Crippen molar-refractivity contribution in [1.82, 2.24) is 10.2 Å². The number of urea groups is 1. The first-order valence-corrected chi connectivity index (χ1v) is 7.50. The molecular formula is C14H22N2O4. The highest BCUT2D eigenvalue weighted by atomic mass is 16.5. The molecule has 2 amide bonds. The second-order valence-corrected chi connectivity index (χ2v) is 6.34. The summed E-state index contributed by atoms with van der Waals surface area (Å²) in [6, 6.07) is -0.890. The Morgan fingerprint density at radius 1 is 1.25 bits per heavy atom. The Labute approximate surface area is 118 Å². The Morgan fingerprint density at radius 2 is 2.05 bits per heavy atom. The minimum Gasteiger partial charge on any atom is -0.480 e. The molecule has 0 aromatic heterocycles. The third-order valence-corrected chi connectivity index (χ3v) is 4.83. The molecule has 5 atom stereocenters. The van der Waals surface area contributed by atoms with E-state index in [1.54, 1.807) is 0 Å². The maximum absolute atomic E-state index is 12.3. The number of hydrogen-bond donors (Lipinski definition) is 2. The zero-order valence-electron chi connectivity index (χ0n) is 11.7. The molecule has 3 aliphatic heterocycles. The van der Waals surface area contributed by atoms with E-state index in [0.29, 0.717) is 18.9 Å². The van der Waals surface area contributed by atoms with Crippen LogP contribution in [0.3, 0.4) is 0 Å². The number of amides is 2. The van der Waals surface area contributed by atoms with Gasteiger partial charge in [0.1, 0.15) is 6.04 Å². The number of carbonyl (C=O) groups excluding carboxylic acids is 1. The van der Waals surface area contributed by atoms with Gasteiger partial charge in [-0.3, -0.25) is 0 Å². The van der Waals surface area contributed by atoms with E-state index < -0.39 is 12.0 Å². The standard InChI is InChI=1S/C14H22N2O4/c1-8-4-5-16(11(6-8)13(17)18)14(19)15-10-7-9-2-3-12(10)20-9/h8-12H,2-7H2,1H3,(H,15,19)(H,17,18). The summed E-state index contributed by atoms with van der Waals surface area (Å²) in [6.07, 6.45) is 4.74. The predicted molar refractivity (Wildman–Crippen MR) is 71.4 cm³/mol. The van der Waals surface area contributed by atoms with E-state index in [4.69, 9.17) is 4.74 Å². The van der Waals surface area contributed by atoms with E-state index in [-0.39, 0.29) is 24.3 Å². The van der Waals surface area contributed by atoms with Crippen molar-refractivity contribution in [2.45, 2.75) is 63.3 Å². The van der Waals surface area contributed by atoms with Crippen LogP contribution in [0.25, 0.3) is 0 Å². The van der Waals surface area contributed by atoms with E-state index in [1.165, 1.54) is 4.90 Å². The van der Waals surface area contributed by atoms with Gasteiger partial charge in [0, 0.05) is 6.54 Å². The number of carboxylic acids is 1. The first kappa shape index (κ1) is 13.7. The zero-order valence-corrected chi connectivity index (χ0v) is 11.7. The number of hydrogen-bond acceptors (Lipinski definition) is 3. The molecule has 3 fully saturated rings. The van der Waals surface area contributed by atoms with Gasteiger partial charge in [-0.25, -0.2) is 9.59 Å². The molecule has 0 aromatic rings. The summed E-state index contributed by atoms with van der Waals surface area (Å²) in [4.78, 5) is 25.2. The second kappa shape index (κ2) is 5.24. The number of aliphatic carboxylic acids is 1. The van der Waals surface area contributed by atoms with Crippen LogP contribution in [-0.4, -0.2) is 52.8 Å². The Balaban J connectivity index is 1.62.